The number of ether oxygens (including phenoxy) is 2. The minimum Gasteiger partial charge on any atom is -0.479 e. The Bertz CT molecular complexity index is 517. The second kappa shape index (κ2) is 5.85. The van der Waals surface area contributed by atoms with Gasteiger partial charge in [0, 0.05) is 13.0 Å². The minimum atomic E-state index is -1.71. The monoisotopic (exact) mass is 306 g/mol. The Morgan fingerprint density at radius 2 is 1.81 bits per heavy atom. The second-order valence-corrected chi connectivity index (χ2v) is 11.8. The van der Waals surface area contributed by atoms with Crippen LogP contribution in [0, 0.1) is 0 Å². The summed E-state index contributed by atoms with van der Waals surface area (Å²) >= 11 is 0. The molecule has 3 nitrogen and oxygen atoms in total. The maximum absolute atomic E-state index is 6.20. The predicted molar refractivity (Wildman–Crippen MR) is 88.4 cm³/mol. The van der Waals surface area contributed by atoms with E-state index in [9.17, 15) is 0 Å². The van der Waals surface area contributed by atoms with E-state index in [0.717, 1.165) is 17.9 Å². The molecule has 0 saturated heterocycles. The first-order valence-corrected chi connectivity index (χ1v) is 10.4. The molecule has 0 saturated carbocycles. The van der Waals surface area contributed by atoms with Crippen molar-refractivity contribution in [3.63, 3.8) is 0 Å². The number of rotatable bonds is 4. The quantitative estimate of drug-likeness (QED) is 0.751. The van der Waals surface area contributed by atoms with Crippen LogP contribution in [0.5, 0.6) is 11.5 Å². The third kappa shape index (κ3) is 3.69. The summed E-state index contributed by atoms with van der Waals surface area (Å²) in [7, 11) is -1.71. The zero-order valence-corrected chi connectivity index (χ0v) is 14.7. The summed E-state index contributed by atoms with van der Waals surface area (Å²) in [5.74, 6) is 2.18. The molecule has 0 radical (unpaired) electrons. The fourth-order valence-electron chi connectivity index (χ4n) is 1.92. The fraction of sp³-hybridized carbons (Fsp3) is 0.529. The molecule has 0 N–H and O–H groups in total. The lowest BCUT2D eigenvalue weighted by Gasteiger charge is -2.37. The lowest BCUT2D eigenvalue weighted by Crippen LogP contribution is -2.41. The highest BCUT2D eigenvalue weighted by Gasteiger charge is 2.37. The standard InChI is InChI=1S/C17H26O3Si/c1-13-14(11-12-18-21(5,6)17(2,3)4)20-16-10-8-7-9-15(16)19-13/h7-10,14H,1,11-12H2,2-6H3. The molecule has 1 atom stereocenters. The van der Waals surface area contributed by atoms with Gasteiger partial charge in [-0.3, -0.25) is 0 Å². The highest BCUT2D eigenvalue weighted by Crippen LogP contribution is 2.38. The van der Waals surface area contributed by atoms with E-state index in [1.54, 1.807) is 0 Å². The number of hydrogen-bond donors (Lipinski definition) is 0. The summed E-state index contributed by atoms with van der Waals surface area (Å²) in [6, 6.07) is 7.68. The van der Waals surface area contributed by atoms with E-state index in [4.69, 9.17) is 13.9 Å². The largest absolute Gasteiger partial charge is 0.479 e. The number of hydrogen-bond acceptors (Lipinski definition) is 3. The van der Waals surface area contributed by atoms with Crippen molar-refractivity contribution < 1.29 is 13.9 Å². The SMILES string of the molecule is C=C1Oc2ccccc2OC1CCO[Si](C)(C)C(C)(C)C. The van der Waals surface area contributed by atoms with E-state index in [0.29, 0.717) is 12.4 Å². The molecule has 21 heavy (non-hydrogen) atoms. The molecule has 0 amide bonds. The minimum absolute atomic E-state index is 0.135. The van der Waals surface area contributed by atoms with Crippen molar-refractivity contribution in [1.82, 2.24) is 0 Å². The van der Waals surface area contributed by atoms with Crippen LogP contribution in [-0.2, 0) is 4.43 Å². The molecule has 0 aliphatic carbocycles. The average molecular weight is 306 g/mol. The smallest absolute Gasteiger partial charge is 0.191 e. The summed E-state index contributed by atoms with van der Waals surface area (Å²) < 4.78 is 17.9. The lowest BCUT2D eigenvalue weighted by molar-refractivity contribution is 0.120. The van der Waals surface area contributed by atoms with Crippen LogP contribution < -0.4 is 9.47 Å². The van der Waals surface area contributed by atoms with Gasteiger partial charge in [-0.05, 0) is 30.3 Å². The third-order valence-corrected chi connectivity index (χ3v) is 8.91. The van der Waals surface area contributed by atoms with Crippen molar-refractivity contribution in [2.75, 3.05) is 6.61 Å². The molecule has 1 aliphatic rings. The normalized spacial score (nSPS) is 18.7. The summed E-state index contributed by atoms with van der Waals surface area (Å²) in [6.45, 7) is 15.9. The molecule has 0 fully saturated rings. The van der Waals surface area contributed by atoms with Gasteiger partial charge < -0.3 is 13.9 Å². The molecule has 1 unspecified atom stereocenters. The Morgan fingerprint density at radius 3 is 2.43 bits per heavy atom. The van der Waals surface area contributed by atoms with Gasteiger partial charge in [0.25, 0.3) is 0 Å². The molecule has 2 rings (SSSR count). The summed E-state index contributed by atoms with van der Waals surface area (Å²) in [5, 5.41) is 0.223. The Hall–Kier alpha value is -1.26. The Labute approximate surface area is 129 Å². The van der Waals surface area contributed by atoms with Crippen molar-refractivity contribution in [2.45, 2.75) is 51.4 Å². The van der Waals surface area contributed by atoms with Crippen LogP contribution in [0.2, 0.25) is 18.1 Å². The van der Waals surface area contributed by atoms with Crippen molar-refractivity contribution in [3.05, 3.63) is 36.6 Å². The zero-order chi connectivity index (χ0) is 15.7. The molecule has 0 aromatic heterocycles. The maximum atomic E-state index is 6.20. The van der Waals surface area contributed by atoms with E-state index in [1.807, 2.05) is 24.3 Å². The molecule has 1 aromatic rings. The first-order valence-electron chi connectivity index (χ1n) is 7.47. The molecule has 1 aliphatic heterocycles. The summed E-state index contributed by atoms with van der Waals surface area (Å²) in [4.78, 5) is 0. The zero-order valence-electron chi connectivity index (χ0n) is 13.7. The predicted octanol–water partition coefficient (Wildman–Crippen LogP) is 4.75. The topological polar surface area (TPSA) is 27.7 Å². The molecule has 4 heteroatoms. The van der Waals surface area contributed by atoms with Crippen LogP contribution in [0.15, 0.2) is 36.6 Å². The van der Waals surface area contributed by atoms with E-state index in [2.05, 4.69) is 40.4 Å². The van der Waals surface area contributed by atoms with E-state index < -0.39 is 8.32 Å². The number of para-hydroxylation sites is 2. The second-order valence-electron chi connectivity index (χ2n) is 7.02. The molecular formula is C17H26O3Si. The van der Waals surface area contributed by atoms with Crippen LogP contribution in [0.3, 0.4) is 0 Å². The molecule has 116 valence electrons. The number of benzene rings is 1. The van der Waals surface area contributed by atoms with Gasteiger partial charge in [0.2, 0.25) is 0 Å². The van der Waals surface area contributed by atoms with Crippen LogP contribution in [0.25, 0.3) is 0 Å². The van der Waals surface area contributed by atoms with Gasteiger partial charge in [0.15, 0.2) is 25.9 Å². The molecule has 0 bridgehead atoms. The summed E-state index contributed by atoms with van der Waals surface area (Å²) in [6.07, 6.45) is 0.629. The fourth-order valence-corrected chi connectivity index (χ4v) is 2.98. The Kier molecular flexibility index (Phi) is 4.49. The van der Waals surface area contributed by atoms with Gasteiger partial charge in [-0.2, -0.15) is 0 Å². The lowest BCUT2D eigenvalue weighted by atomic mass is 10.2. The van der Waals surface area contributed by atoms with E-state index >= 15 is 0 Å². The van der Waals surface area contributed by atoms with Crippen molar-refractivity contribution >= 4 is 8.32 Å². The van der Waals surface area contributed by atoms with Crippen LogP contribution >= 0.6 is 0 Å². The van der Waals surface area contributed by atoms with E-state index in [1.165, 1.54) is 0 Å². The third-order valence-electron chi connectivity index (χ3n) is 4.37. The molecule has 1 aromatic carbocycles. The van der Waals surface area contributed by atoms with Gasteiger partial charge in [0.1, 0.15) is 5.76 Å². The highest BCUT2D eigenvalue weighted by molar-refractivity contribution is 6.74. The molecular weight excluding hydrogens is 280 g/mol. The Morgan fingerprint density at radius 1 is 1.19 bits per heavy atom. The summed E-state index contributed by atoms with van der Waals surface area (Å²) in [5.41, 5.74) is 0. The molecule has 1 heterocycles. The van der Waals surface area contributed by atoms with Crippen molar-refractivity contribution in [1.29, 1.82) is 0 Å². The van der Waals surface area contributed by atoms with E-state index in [-0.39, 0.29) is 11.1 Å². The van der Waals surface area contributed by atoms with Gasteiger partial charge in [-0.15, -0.1) is 0 Å². The van der Waals surface area contributed by atoms with Crippen LogP contribution in [0.4, 0.5) is 0 Å². The van der Waals surface area contributed by atoms with Crippen molar-refractivity contribution in [2.24, 2.45) is 0 Å². The van der Waals surface area contributed by atoms with Crippen LogP contribution in [-0.4, -0.2) is 21.0 Å². The first-order chi connectivity index (χ1) is 9.71. The maximum Gasteiger partial charge on any atom is 0.191 e. The van der Waals surface area contributed by atoms with Crippen molar-refractivity contribution in [3.8, 4) is 11.5 Å². The van der Waals surface area contributed by atoms with Gasteiger partial charge in [-0.25, -0.2) is 0 Å². The van der Waals surface area contributed by atoms with Crippen LogP contribution in [0.1, 0.15) is 27.2 Å². The van der Waals surface area contributed by atoms with Gasteiger partial charge >= 0.3 is 0 Å². The Balaban J connectivity index is 1.92. The average Bonchev–Trinajstić information content (AvgIpc) is 2.38. The highest BCUT2D eigenvalue weighted by atomic mass is 28.4. The van der Waals surface area contributed by atoms with Gasteiger partial charge in [-0.1, -0.05) is 39.5 Å². The molecule has 0 spiro atoms. The number of fused-ring (bicyclic) bond motifs is 1. The van der Waals surface area contributed by atoms with Gasteiger partial charge in [0.05, 0.1) is 0 Å². The first kappa shape index (κ1) is 16.1.